The first-order chi connectivity index (χ1) is 7.61. The fourth-order valence-electron chi connectivity index (χ4n) is 1.69. The molecule has 0 unspecified atom stereocenters. The van der Waals surface area contributed by atoms with Crippen LogP contribution in [0.2, 0.25) is 0 Å². The van der Waals surface area contributed by atoms with Crippen molar-refractivity contribution < 1.29 is 5.21 Å². The summed E-state index contributed by atoms with van der Waals surface area (Å²) in [6.45, 7) is 7.08. The Kier molecular flexibility index (Phi) is 4.10. The van der Waals surface area contributed by atoms with E-state index in [9.17, 15) is 0 Å². The third kappa shape index (κ3) is 2.42. The summed E-state index contributed by atoms with van der Waals surface area (Å²) in [7, 11) is 0. The van der Waals surface area contributed by atoms with Gasteiger partial charge >= 0.3 is 0 Å². The summed E-state index contributed by atoms with van der Waals surface area (Å²) in [6.07, 6.45) is 1.63. The van der Waals surface area contributed by atoms with Crippen molar-refractivity contribution in [1.82, 2.24) is 4.98 Å². The van der Waals surface area contributed by atoms with E-state index in [0.29, 0.717) is 11.7 Å². The summed E-state index contributed by atoms with van der Waals surface area (Å²) in [4.78, 5) is 6.28. The fraction of sp³-hybridized carbons (Fsp3) is 0.455. The molecule has 0 aliphatic rings. The number of anilines is 1. The van der Waals surface area contributed by atoms with E-state index in [1.807, 2.05) is 12.1 Å². The molecule has 0 saturated carbocycles. The van der Waals surface area contributed by atoms with Gasteiger partial charge in [-0.3, -0.25) is 4.98 Å². The van der Waals surface area contributed by atoms with Crippen LogP contribution in [0, 0.1) is 0 Å². The maximum atomic E-state index is 8.71. The second kappa shape index (κ2) is 5.34. The number of hydrogen-bond acceptors (Lipinski definition) is 4. The molecule has 0 fully saturated rings. The third-order valence-electron chi connectivity index (χ3n) is 2.41. The maximum Gasteiger partial charge on any atom is 0.190 e. The molecule has 0 aliphatic carbocycles. The second-order valence-electron chi connectivity index (χ2n) is 3.74. The minimum Gasteiger partial charge on any atom is -0.409 e. The van der Waals surface area contributed by atoms with Gasteiger partial charge in [0.1, 0.15) is 5.69 Å². The van der Waals surface area contributed by atoms with Crippen LogP contribution in [0.15, 0.2) is 23.5 Å². The van der Waals surface area contributed by atoms with Crippen LogP contribution in [0.25, 0.3) is 0 Å². The van der Waals surface area contributed by atoms with Gasteiger partial charge in [-0.25, -0.2) is 0 Å². The molecule has 1 rings (SSSR count). The van der Waals surface area contributed by atoms with Crippen molar-refractivity contribution in [2.45, 2.75) is 26.8 Å². The highest BCUT2D eigenvalue weighted by atomic mass is 16.4. The van der Waals surface area contributed by atoms with Crippen LogP contribution in [0.1, 0.15) is 26.5 Å². The first-order valence-electron chi connectivity index (χ1n) is 5.31. The van der Waals surface area contributed by atoms with Gasteiger partial charge in [0.25, 0.3) is 0 Å². The van der Waals surface area contributed by atoms with Gasteiger partial charge in [0.2, 0.25) is 0 Å². The van der Waals surface area contributed by atoms with Crippen LogP contribution in [-0.2, 0) is 0 Å². The molecule has 0 atom stereocenters. The summed E-state index contributed by atoms with van der Waals surface area (Å²) in [5, 5.41) is 11.7. The minimum atomic E-state index is 0.0368. The van der Waals surface area contributed by atoms with Crippen molar-refractivity contribution in [3.63, 3.8) is 0 Å². The third-order valence-corrected chi connectivity index (χ3v) is 2.41. The van der Waals surface area contributed by atoms with Crippen molar-refractivity contribution in [2.24, 2.45) is 10.9 Å². The molecule has 0 radical (unpaired) electrons. The zero-order valence-electron chi connectivity index (χ0n) is 9.88. The van der Waals surface area contributed by atoms with Crippen molar-refractivity contribution in [3.05, 3.63) is 24.0 Å². The molecule has 0 amide bonds. The average Bonchev–Trinajstić information content (AvgIpc) is 2.29. The number of amidine groups is 1. The molecule has 1 heterocycles. The van der Waals surface area contributed by atoms with Gasteiger partial charge in [-0.05, 0) is 32.9 Å². The molecule has 5 heteroatoms. The van der Waals surface area contributed by atoms with Crippen LogP contribution in [0.3, 0.4) is 0 Å². The molecule has 0 aromatic carbocycles. The molecule has 1 aromatic rings. The Morgan fingerprint density at radius 1 is 1.62 bits per heavy atom. The lowest BCUT2D eigenvalue weighted by molar-refractivity contribution is 0.318. The van der Waals surface area contributed by atoms with E-state index in [1.165, 1.54) is 0 Å². The smallest absolute Gasteiger partial charge is 0.190 e. The summed E-state index contributed by atoms with van der Waals surface area (Å²) in [5.41, 5.74) is 7.00. The SMILES string of the molecule is CCN(c1cccnc1/C(N)=N/O)C(C)C. The number of rotatable bonds is 4. The Labute approximate surface area is 95.6 Å². The quantitative estimate of drug-likeness (QED) is 0.349. The van der Waals surface area contributed by atoms with Crippen LogP contribution < -0.4 is 10.6 Å². The molecule has 0 bridgehead atoms. The Morgan fingerprint density at radius 3 is 2.81 bits per heavy atom. The zero-order valence-corrected chi connectivity index (χ0v) is 9.88. The highest BCUT2D eigenvalue weighted by Crippen LogP contribution is 2.20. The highest BCUT2D eigenvalue weighted by Gasteiger charge is 2.15. The number of nitrogens with two attached hydrogens (primary N) is 1. The summed E-state index contributed by atoms with van der Waals surface area (Å²) < 4.78 is 0. The zero-order chi connectivity index (χ0) is 12.1. The number of hydrogen-bond donors (Lipinski definition) is 2. The Bertz CT molecular complexity index is 376. The van der Waals surface area contributed by atoms with Crippen LogP contribution >= 0.6 is 0 Å². The van der Waals surface area contributed by atoms with Gasteiger partial charge in [0, 0.05) is 18.8 Å². The molecule has 88 valence electrons. The Balaban J connectivity index is 3.21. The van der Waals surface area contributed by atoms with E-state index in [4.69, 9.17) is 10.9 Å². The number of pyridine rings is 1. The van der Waals surface area contributed by atoms with Gasteiger partial charge in [0.05, 0.1) is 5.69 Å². The Hall–Kier alpha value is -1.78. The average molecular weight is 222 g/mol. The lowest BCUT2D eigenvalue weighted by atomic mass is 10.2. The monoisotopic (exact) mass is 222 g/mol. The number of aromatic nitrogens is 1. The molecule has 0 spiro atoms. The van der Waals surface area contributed by atoms with E-state index >= 15 is 0 Å². The first kappa shape index (κ1) is 12.3. The highest BCUT2D eigenvalue weighted by molar-refractivity contribution is 6.00. The van der Waals surface area contributed by atoms with Crippen molar-refractivity contribution >= 4 is 11.5 Å². The predicted molar refractivity (Wildman–Crippen MR) is 64.9 cm³/mol. The lowest BCUT2D eigenvalue weighted by Crippen LogP contribution is -2.33. The molecule has 16 heavy (non-hydrogen) atoms. The fourth-order valence-corrected chi connectivity index (χ4v) is 1.69. The first-order valence-corrected chi connectivity index (χ1v) is 5.31. The summed E-state index contributed by atoms with van der Waals surface area (Å²) in [6, 6.07) is 4.10. The maximum absolute atomic E-state index is 8.71. The lowest BCUT2D eigenvalue weighted by Gasteiger charge is -2.28. The van der Waals surface area contributed by atoms with Crippen molar-refractivity contribution in [2.75, 3.05) is 11.4 Å². The molecular formula is C11H18N4O. The van der Waals surface area contributed by atoms with Crippen molar-refractivity contribution in [3.8, 4) is 0 Å². The molecular weight excluding hydrogens is 204 g/mol. The van der Waals surface area contributed by atoms with E-state index in [2.05, 4.69) is 35.8 Å². The molecule has 0 saturated heterocycles. The number of oxime groups is 1. The predicted octanol–water partition coefficient (Wildman–Crippen LogP) is 1.41. The second-order valence-corrected chi connectivity index (χ2v) is 3.74. The van der Waals surface area contributed by atoms with Gasteiger partial charge in [0.15, 0.2) is 5.84 Å². The minimum absolute atomic E-state index is 0.0368. The molecule has 1 aromatic heterocycles. The van der Waals surface area contributed by atoms with Crippen LogP contribution in [0.4, 0.5) is 5.69 Å². The molecule has 5 nitrogen and oxygen atoms in total. The van der Waals surface area contributed by atoms with Crippen molar-refractivity contribution in [1.29, 1.82) is 0 Å². The van der Waals surface area contributed by atoms with Gasteiger partial charge in [-0.15, -0.1) is 0 Å². The largest absolute Gasteiger partial charge is 0.409 e. The van der Waals surface area contributed by atoms with E-state index < -0.39 is 0 Å². The number of nitrogens with zero attached hydrogens (tertiary/aromatic N) is 3. The van der Waals surface area contributed by atoms with E-state index in [-0.39, 0.29) is 5.84 Å². The normalized spacial score (nSPS) is 11.9. The summed E-state index contributed by atoms with van der Waals surface area (Å²) >= 11 is 0. The summed E-state index contributed by atoms with van der Waals surface area (Å²) in [5.74, 6) is 0.0368. The molecule has 3 N–H and O–H groups in total. The molecule has 0 aliphatic heterocycles. The van der Waals surface area contributed by atoms with E-state index in [1.54, 1.807) is 6.20 Å². The van der Waals surface area contributed by atoms with Gasteiger partial charge < -0.3 is 15.8 Å². The van der Waals surface area contributed by atoms with Crippen LogP contribution in [-0.4, -0.2) is 28.6 Å². The van der Waals surface area contributed by atoms with Gasteiger partial charge in [-0.1, -0.05) is 5.16 Å². The topological polar surface area (TPSA) is 74.7 Å². The van der Waals surface area contributed by atoms with Gasteiger partial charge in [-0.2, -0.15) is 0 Å². The standard InChI is InChI=1S/C11H18N4O/c1-4-15(8(2)3)9-6-5-7-13-10(9)11(12)14-16/h5-8,16H,4H2,1-3H3,(H2,12,14). The van der Waals surface area contributed by atoms with Crippen LogP contribution in [0.5, 0.6) is 0 Å². The van der Waals surface area contributed by atoms with E-state index in [0.717, 1.165) is 12.2 Å². The Morgan fingerprint density at radius 2 is 2.31 bits per heavy atom.